The summed E-state index contributed by atoms with van der Waals surface area (Å²) in [5.41, 5.74) is 1.16. The summed E-state index contributed by atoms with van der Waals surface area (Å²) < 4.78 is 32.3. The number of methoxy groups -OCH3 is 1. The van der Waals surface area contributed by atoms with Gasteiger partial charge in [0.25, 0.3) is 5.91 Å². The number of hydrogen-bond acceptors (Lipinski definition) is 6. The van der Waals surface area contributed by atoms with Crippen molar-refractivity contribution in [1.29, 1.82) is 0 Å². The third-order valence-corrected chi connectivity index (χ3v) is 5.93. The summed E-state index contributed by atoms with van der Waals surface area (Å²) in [6.45, 7) is 1.43. The standard InChI is InChI=1S/C20H22N4O5S/c1-13(24(30(4,27)28)14-9-11-15(29-3)12-10-14)19(25)22-21-18-16-7-5-6-8-17(16)23(2)20(18)26/h5-13,26H,1-4H3/t13-/m1/s1. The van der Waals surface area contributed by atoms with Crippen LogP contribution in [-0.4, -0.2) is 43.4 Å². The Hall–Kier alpha value is -3.40. The molecule has 0 saturated heterocycles. The van der Waals surface area contributed by atoms with Crippen LogP contribution in [0.3, 0.4) is 0 Å². The highest BCUT2D eigenvalue weighted by atomic mass is 32.2. The Kier molecular flexibility index (Phi) is 5.79. The van der Waals surface area contributed by atoms with Gasteiger partial charge in [0.1, 0.15) is 11.8 Å². The maximum atomic E-state index is 12.7. The van der Waals surface area contributed by atoms with Gasteiger partial charge in [0, 0.05) is 12.4 Å². The fourth-order valence-electron chi connectivity index (χ4n) is 3.17. The number of fused-ring (bicyclic) bond motifs is 1. The van der Waals surface area contributed by atoms with Crippen molar-refractivity contribution in [3.63, 3.8) is 0 Å². The molecule has 10 heteroatoms. The second-order valence-electron chi connectivity index (χ2n) is 6.72. The summed E-state index contributed by atoms with van der Waals surface area (Å²) in [7, 11) is -0.625. The van der Waals surface area contributed by atoms with Gasteiger partial charge in [0.05, 0.1) is 24.6 Å². The highest BCUT2D eigenvalue weighted by Crippen LogP contribution is 2.37. The van der Waals surface area contributed by atoms with Crippen LogP contribution in [0.25, 0.3) is 10.9 Å². The van der Waals surface area contributed by atoms with E-state index >= 15 is 0 Å². The topological polar surface area (TPSA) is 114 Å². The lowest BCUT2D eigenvalue weighted by atomic mass is 10.2. The van der Waals surface area contributed by atoms with Crippen LogP contribution in [0.5, 0.6) is 11.6 Å². The SMILES string of the molecule is COc1ccc(N([C@H](C)C(=O)N=Nc2c(O)n(C)c3ccccc23)S(C)(=O)=O)cc1. The Balaban J connectivity index is 1.94. The molecule has 0 aliphatic rings. The lowest BCUT2D eigenvalue weighted by Crippen LogP contribution is -2.42. The smallest absolute Gasteiger partial charge is 0.287 e. The second-order valence-corrected chi connectivity index (χ2v) is 8.58. The van der Waals surface area contributed by atoms with Gasteiger partial charge in [-0.2, -0.15) is 0 Å². The molecule has 30 heavy (non-hydrogen) atoms. The number of nitrogens with zero attached hydrogens (tertiary/aromatic N) is 4. The van der Waals surface area contributed by atoms with Crippen molar-refractivity contribution in [2.45, 2.75) is 13.0 Å². The van der Waals surface area contributed by atoms with E-state index in [1.165, 1.54) is 30.7 Å². The molecule has 1 N–H and O–H groups in total. The first-order chi connectivity index (χ1) is 14.1. The van der Waals surface area contributed by atoms with Crippen molar-refractivity contribution in [3.8, 4) is 11.6 Å². The molecule has 0 saturated carbocycles. The number of azo groups is 1. The predicted molar refractivity (Wildman–Crippen MR) is 114 cm³/mol. The summed E-state index contributed by atoms with van der Waals surface area (Å²) in [5.74, 6) is -0.364. The largest absolute Gasteiger partial charge is 0.497 e. The van der Waals surface area contributed by atoms with E-state index in [0.717, 1.165) is 16.1 Å². The fourth-order valence-corrected chi connectivity index (χ4v) is 4.34. The maximum Gasteiger partial charge on any atom is 0.287 e. The van der Waals surface area contributed by atoms with Gasteiger partial charge in [0.2, 0.25) is 15.9 Å². The molecule has 0 radical (unpaired) electrons. The van der Waals surface area contributed by atoms with Gasteiger partial charge in [-0.15, -0.1) is 10.2 Å². The molecule has 158 valence electrons. The van der Waals surface area contributed by atoms with E-state index in [-0.39, 0.29) is 11.6 Å². The van der Waals surface area contributed by atoms with Gasteiger partial charge in [-0.05, 0) is 37.3 Å². The van der Waals surface area contributed by atoms with Crippen LogP contribution in [0.15, 0.2) is 58.8 Å². The highest BCUT2D eigenvalue weighted by Gasteiger charge is 2.29. The zero-order valence-electron chi connectivity index (χ0n) is 17.0. The summed E-state index contributed by atoms with van der Waals surface area (Å²) in [5, 5.41) is 18.6. The average Bonchev–Trinajstić information content (AvgIpc) is 2.96. The Morgan fingerprint density at radius 1 is 1.17 bits per heavy atom. The Morgan fingerprint density at radius 3 is 2.40 bits per heavy atom. The van der Waals surface area contributed by atoms with E-state index in [0.29, 0.717) is 16.8 Å². The number of para-hydroxylation sites is 1. The Bertz CT molecular complexity index is 1220. The van der Waals surface area contributed by atoms with E-state index < -0.39 is 22.0 Å². The van der Waals surface area contributed by atoms with Crippen LogP contribution in [0.1, 0.15) is 6.92 Å². The summed E-state index contributed by atoms with van der Waals surface area (Å²) in [4.78, 5) is 12.7. The van der Waals surface area contributed by atoms with Crippen molar-refractivity contribution in [2.24, 2.45) is 17.3 Å². The van der Waals surface area contributed by atoms with Crippen LogP contribution in [-0.2, 0) is 21.9 Å². The average molecular weight is 430 g/mol. The van der Waals surface area contributed by atoms with E-state index in [1.807, 2.05) is 6.07 Å². The minimum atomic E-state index is -3.79. The molecule has 1 aromatic heterocycles. The number of carbonyl (C=O) groups excluding carboxylic acids is 1. The number of sulfonamides is 1. The van der Waals surface area contributed by atoms with E-state index in [2.05, 4.69) is 10.2 Å². The number of rotatable bonds is 6. The van der Waals surface area contributed by atoms with Crippen molar-refractivity contribution < 1.29 is 23.1 Å². The minimum absolute atomic E-state index is 0.143. The number of benzene rings is 2. The first-order valence-electron chi connectivity index (χ1n) is 9.00. The Morgan fingerprint density at radius 2 is 1.80 bits per heavy atom. The van der Waals surface area contributed by atoms with Gasteiger partial charge >= 0.3 is 0 Å². The number of anilines is 1. The van der Waals surface area contributed by atoms with Crippen LogP contribution in [0, 0.1) is 0 Å². The number of carbonyl (C=O) groups is 1. The number of ether oxygens (including phenoxy) is 1. The lowest BCUT2D eigenvalue weighted by Gasteiger charge is -2.26. The molecular weight excluding hydrogens is 408 g/mol. The first-order valence-corrected chi connectivity index (χ1v) is 10.9. The molecule has 1 atom stereocenters. The molecule has 0 aliphatic heterocycles. The molecular formula is C20H22N4O5S. The zero-order chi connectivity index (χ0) is 22.1. The number of aromatic hydroxyl groups is 1. The molecule has 0 spiro atoms. The monoisotopic (exact) mass is 430 g/mol. The molecule has 3 rings (SSSR count). The molecule has 1 heterocycles. The zero-order valence-corrected chi connectivity index (χ0v) is 17.8. The highest BCUT2D eigenvalue weighted by molar-refractivity contribution is 7.92. The quantitative estimate of drug-likeness (QED) is 0.603. The van der Waals surface area contributed by atoms with Gasteiger partial charge < -0.3 is 14.4 Å². The molecule has 2 aromatic carbocycles. The van der Waals surface area contributed by atoms with Gasteiger partial charge in [0.15, 0.2) is 5.69 Å². The molecule has 9 nitrogen and oxygen atoms in total. The van der Waals surface area contributed by atoms with E-state index in [9.17, 15) is 18.3 Å². The molecule has 0 unspecified atom stereocenters. The second kappa shape index (κ2) is 8.15. The van der Waals surface area contributed by atoms with E-state index in [1.54, 1.807) is 37.4 Å². The van der Waals surface area contributed by atoms with Gasteiger partial charge in [-0.25, -0.2) is 8.42 Å². The number of aromatic nitrogens is 1. The maximum absolute atomic E-state index is 12.7. The van der Waals surface area contributed by atoms with Crippen LogP contribution in [0.4, 0.5) is 11.4 Å². The third-order valence-electron chi connectivity index (χ3n) is 4.69. The van der Waals surface area contributed by atoms with Crippen molar-refractivity contribution >= 4 is 38.2 Å². The third kappa shape index (κ3) is 3.99. The number of aryl methyl sites for hydroxylation is 1. The van der Waals surface area contributed by atoms with Crippen LogP contribution < -0.4 is 9.04 Å². The minimum Gasteiger partial charge on any atom is -0.497 e. The van der Waals surface area contributed by atoms with Crippen LogP contribution >= 0.6 is 0 Å². The number of amides is 1. The number of hydrogen-bond donors (Lipinski definition) is 1. The van der Waals surface area contributed by atoms with Gasteiger partial charge in [-0.3, -0.25) is 9.10 Å². The van der Waals surface area contributed by atoms with Crippen molar-refractivity contribution in [1.82, 2.24) is 4.57 Å². The Labute approximate surface area is 174 Å². The summed E-state index contributed by atoms with van der Waals surface area (Å²) >= 11 is 0. The van der Waals surface area contributed by atoms with Crippen LogP contribution in [0.2, 0.25) is 0 Å². The van der Waals surface area contributed by atoms with Crippen molar-refractivity contribution in [3.05, 3.63) is 48.5 Å². The summed E-state index contributed by atoms with van der Waals surface area (Å²) in [6, 6.07) is 12.3. The molecule has 0 aliphatic carbocycles. The van der Waals surface area contributed by atoms with Gasteiger partial charge in [-0.1, -0.05) is 18.2 Å². The van der Waals surface area contributed by atoms with E-state index in [4.69, 9.17) is 4.74 Å². The molecule has 0 fully saturated rings. The fraction of sp³-hybridized carbons (Fsp3) is 0.250. The van der Waals surface area contributed by atoms with Crippen molar-refractivity contribution in [2.75, 3.05) is 17.7 Å². The molecule has 0 bridgehead atoms. The normalized spacial score (nSPS) is 12.9. The lowest BCUT2D eigenvalue weighted by molar-refractivity contribution is -0.119. The predicted octanol–water partition coefficient (Wildman–Crippen LogP) is 3.36. The summed E-state index contributed by atoms with van der Waals surface area (Å²) in [6.07, 6.45) is 1.01. The first kappa shape index (κ1) is 21.3. The molecule has 3 aromatic rings. The molecule has 1 amide bonds.